The van der Waals surface area contributed by atoms with E-state index < -0.39 is 59.7 Å². The van der Waals surface area contributed by atoms with Gasteiger partial charge in [-0.25, -0.2) is 0 Å². The molecule has 0 saturated heterocycles. The monoisotopic (exact) mass is 634 g/mol. The van der Waals surface area contributed by atoms with Gasteiger partial charge in [0.1, 0.15) is 0 Å². The summed E-state index contributed by atoms with van der Waals surface area (Å²) in [6.45, 7) is 0. The zero-order valence-corrected chi connectivity index (χ0v) is 17.4. The Morgan fingerprint density at radius 1 is 0.583 bits per heavy atom. The number of hydrogen-bond donors (Lipinski definition) is 0. The van der Waals surface area contributed by atoms with E-state index in [1.54, 1.807) is 0 Å². The molecule has 0 aliphatic carbocycles. The Kier molecular flexibility index (Phi) is 8.15. The minimum atomic E-state index is -8.04. The van der Waals surface area contributed by atoms with Crippen molar-refractivity contribution in [3.05, 3.63) is 34.3 Å². The standard InChI is InChI=1S/C15H4BrF17O3/c16-6-3-1-5(2-4-6)7(34)8(17,11(21,22)23)35-15(32,33)10(20,13(27,28)29)36-14(30,31)9(18,19)12(24,25)26/h1-4H. The van der Waals surface area contributed by atoms with Crippen LogP contribution in [0.25, 0.3) is 0 Å². The summed E-state index contributed by atoms with van der Waals surface area (Å²) in [5.74, 6) is -26.0. The van der Waals surface area contributed by atoms with E-state index in [-0.39, 0.29) is 16.6 Å². The normalized spacial score (nSPS) is 17.9. The molecule has 0 amide bonds. The molecule has 0 aliphatic rings. The fraction of sp³-hybridized carbons (Fsp3) is 0.533. The van der Waals surface area contributed by atoms with Crippen molar-refractivity contribution in [1.29, 1.82) is 0 Å². The smallest absolute Gasteiger partial charge is 0.287 e. The Morgan fingerprint density at radius 2 is 1.00 bits per heavy atom. The van der Waals surface area contributed by atoms with Gasteiger partial charge in [-0.1, -0.05) is 28.1 Å². The third-order valence-corrected chi connectivity index (χ3v) is 4.29. The fourth-order valence-electron chi connectivity index (χ4n) is 1.95. The number of carbonyl (C=O) groups is 1. The van der Waals surface area contributed by atoms with Crippen molar-refractivity contribution in [1.82, 2.24) is 0 Å². The molecular weight excluding hydrogens is 631 g/mol. The molecule has 0 fully saturated rings. The minimum absolute atomic E-state index is 0.0668. The zero-order valence-electron chi connectivity index (χ0n) is 15.8. The molecule has 36 heavy (non-hydrogen) atoms. The minimum Gasteiger partial charge on any atom is -0.287 e. The van der Waals surface area contributed by atoms with Crippen LogP contribution in [0.5, 0.6) is 0 Å². The van der Waals surface area contributed by atoms with Gasteiger partial charge < -0.3 is 0 Å². The average Bonchev–Trinajstić information content (AvgIpc) is 2.64. The second-order valence-electron chi connectivity index (χ2n) is 6.33. The molecule has 208 valence electrons. The lowest BCUT2D eigenvalue weighted by Crippen LogP contribution is -2.68. The molecule has 0 spiro atoms. The van der Waals surface area contributed by atoms with Gasteiger partial charge >= 0.3 is 48.4 Å². The summed E-state index contributed by atoms with van der Waals surface area (Å²) in [7, 11) is 0. The summed E-state index contributed by atoms with van der Waals surface area (Å²) in [5, 5.41) is 0. The lowest BCUT2D eigenvalue weighted by molar-refractivity contribution is -0.547. The molecule has 2 atom stereocenters. The first kappa shape index (κ1) is 32.1. The van der Waals surface area contributed by atoms with Gasteiger partial charge in [-0.15, -0.1) is 0 Å². The van der Waals surface area contributed by atoms with Crippen molar-refractivity contribution in [2.24, 2.45) is 0 Å². The molecule has 1 rings (SSSR count). The molecule has 21 heteroatoms. The Hall–Kier alpha value is -1.90. The highest BCUT2D eigenvalue weighted by Gasteiger charge is 2.85. The van der Waals surface area contributed by atoms with Crippen LogP contribution in [0.15, 0.2) is 28.7 Å². The third kappa shape index (κ3) is 5.50. The Morgan fingerprint density at radius 3 is 1.33 bits per heavy atom. The number of rotatable bonds is 8. The van der Waals surface area contributed by atoms with Gasteiger partial charge in [0.25, 0.3) is 0 Å². The van der Waals surface area contributed by atoms with Crippen molar-refractivity contribution in [2.75, 3.05) is 0 Å². The Balaban J connectivity index is 3.71. The van der Waals surface area contributed by atoms with Crippen LogP contribution in [-0.4, -0.2) is 54.2 Å². The van der Waals surface area contributed by atoms with E-state index in [0.29, 0.717) is 12.1 Å². The second-order valence-corrected chi connectivity index (χ2v) is 7.25. The van der Waals surface area contributed by atoms with Gasteiger partial charge in [0.15, 0.2) is 0 Å². The Bertz CT molecular complexity index is 952. The summed E-state index contributed by atoms with van der Waals surface area (Å²) >= 11 is 2.66. The summed E-state index contributed by atoms with van der Waals surface area (Å²) < 4.78 is 226. The number of benzene rings is 1. The number of ether oxygens (including phenoxy) is 2. The fourth-order valence-corrected chi connectivity index (χ4v) is 2.21. The Labute approximate surface area is 194 Å². The largest absolute Gasteiger partial charge is 0.462 e. The summed E-state index contributed by atoms with van der Waals surface area (Å²) in [4.78, 5) is 11.8. The van der Waals surface area contributed by atoms with E-state index in [2.05, 4.69) is 15.9 Å². The van der Waals surface area contributed by atoms with E-state index in [4.69, 9.17) is 0 Å². The number of hydrogen-bond acceptors (Lipinski definition) is 3. The van der Waals surface area contributed by atoms with Gasteiger partial charge in [0.2, 0.25) is 5.78 Å². The topological polar surface area (TPSA) is 35.5 Å². The van der Waals surface area contributed by atoms with Crippen LogP contribution in [0.1, 0.15) is 10.4 Å². The summed E-state index contributed by atoms with van der Waals surface area (Å²) in [6.07, 6.45) is -38.5. The van der Waals surface area contributed by atoms with Crippen molar-refractivity contribution in [3.63, 3.8) is 0 Å². The lowest BCUT2D eigenvalue weighted by Gasteiger charge is -2.40. The highest BCUT2D eigenvalue weighted by atomic mass is 79.9. The van der Waals surface area contributed by atoms with E-state index >= 15 is 0 Å². The molecule has 3 nitrogen and oxygen atoms in total. The van der Waals surface area contributed by atoms with Crippen molar-refractivity contribution in [2.45, 2.75) is 48.4 Å². The first-order valence-electron chi connectivity index (χ1n) is 7.99. The zero-order chi connectivity index (χ0) is 29.0. The molecule has 0 N–H and O–H groups in total. The predicted octanol–water partition coefficient (Wildman–Crippen LogP) is 7.50. The maximum atomic E-state index is 14.5. The number of Topliss-reactive ketones (excluding diaryl/α,β-unsaturated/α-hetero) is 1. The molecule has 0 radical (unpaired) electrons. The maximum absolute atomic E-state index is 14.5. The van der Waals surface area contributed by atoms with Crippen LogP contribution in [0, 0.1) is 0 Å². The molecule has 2 unspecified atom stereocenters. The predicted molar refractivity (Wildman–Crippen MR) is 81.3 cm³/mol. The van der Waals surface area contributed by atoms with E-state index in [1.165, 1.54) is 4.74 Å². The van der Waals surface area contributed by atoms with Crippen LogP contribution in [0.2, 0.25) is 0 Å². The molecule has 0 aliphatic heterocycles. The SMILES string of the molecule is O=C(c1ccc(Br)cc1)C(F)(OC(F)(F)C(F)(OC(F)(F)C(F)(F)C(F)(F)F)C(F)(F)F)C(F)(F)F. The highest BCUT2D eigenvalue weighted by molar-refractivity contribution is 9.10. The average molecular weight is 635 g/mol. The molecular formula is C15H4BrF17O3. The molecule has 0 saturated carbocycles. The van der Waals surface area contributed by atoms with Crippen LogP contribution in [-0.2, 0) is 9.47 Å². The van der Waals surface area contributed by atoms with Crippen molar-refractivity contribution in [3.8, 4) is 0 Å². The van der Waals surface area contributed by atoms with Crippen LogP contribution >= 0.6 is 15.9 Å². The van der Waals surface area contributed by atoms with E-state index in [0.717, 1.165) is 0 Å². The van der Waals surface area contributed by atoms with Gasteiger partial charge in [0, 0.05) is 10.0 Å². The number of alkyl halides is 17. The quantitative estimate of drug-likeness (QED) is 0.219. The first-order chi connectivity index (χ1) is 15.6. The van der Waals surface area contributed by atoms with Crippen molar-refractivity contribution < 1.29 is 88.9 Å². The summed E-state index contributed by atoms with van der Waals surface area (Å²) in [5.41, 5.74) is -1.61. The van der Waals surface area contributed by atoms with Gasteiger partial charge in [-0.3, -0.25) is 14.3 Å². The van der Waals surface area contributed by atoms with E-state index in [1.807, 2.05) is 4.74 Å². The number of ketones is 1. The van der Waals surface area contributed by atoms with Crippen LogP contribution in [0.4, 0.5) is 74.6 Å². The van der Waals surface area contributed by atoms with Crippen LogP contribution < -0.4 is 0 Å². The number of carbonyl (C=O) groups excluding carboxylic acids is 1. The highest BCUT2D eigenvalue weighted by Crippen LogP contribution is 2.56. The first-order valence-corrected chi connectivity index (χ1v) is 8.79. The molecule has 0 aromatic heterocycles. The second kappa shape index (κ2) is 9.14. The molecule has 0 bridgehead atoms. The summed E-state index contributed by atoms with van der Waals surface area (Å²) in [6, 6.07) is 1.71. The third-order valence-electron chi connectivity index (χ3n) is 3.76. The van der Waals surface area contributed by atoms with Crippen LogP contribution in [0.3, 0.4) is 0 Å². The number of halogens is 18. The maximum Gasteiger partial charge on any atom is 0.462 e. The van der Waals surface area contributed by atoms with Gasteiger partial charge in [0.05, 0.1) is 0 Å². The molecule has 1 aromatic rings. The van der Waals surface area contributed by atoms with E-state index in [9.17, 15) is 79.4 Å². The van der Waals surface area contributed by atoms with Crippen molar-refractivity contribution >= 4 is 21.7 Å². The lowest BCUT2D eigenvalue weighted by atomic mass is 10.0. The molecule has 0 heterocycles. The van der Waals surface area contributed by atoms with Gasteiger partial charge in [-0.05, 0) is 12.1 Å². The molecule has 1 aromatic carbocycles. The van der Waals surface area contributed by atoms with Gasteiger partial charge in [-0.2, -0.15) is 74.6 Å².